The third kappa shape index (κ3) is 2.81. The van der Waals surface area contributed by atoms with E-state index >= 15 is 0 Å². The minimum Gasteiger partial charge on any atom is -0.313 e. The highest BCUT2D eigenvalue weighted by Crippen LogP contribution is 2.27. The molecule has 12 heteroatoms. The summed E-state index contributed by atoms with van der Waals surface area (Å²) in [6.45, 7) is 0. The molecule has 0 spiro atoms. The summed E-state index contributed by atoms with van der Waals surface area (Å²) in [6.07, 6.45) is 1.78. The second-order valence-corrected chi connectivity index (χ2v) is 5.74. The third-order valence-corrected chi connectivity index (χ3v) is 3.99. The van der Waals surface area contributed by atoms with Gasteiger partial charge in [-0.25, -0.2) is 23.2 Å². The maximum atomic E-state index is 12.0. The van der Waals surface area contributed by atoms with Crippen molar-refractivity contribution in [3.8, 4) is 0 Å². The summed E-state index contributed by atoms with van der Waals surface area (Å²) in [5.41, 5.74) is -2.21. The van der Waals surface area contributed by atoms with Gasteiger partial charge in [-0.05, 0) is 0 Å². The Hall–Kier alpha value is -1.91. The van der Waals surface area contributed by atoms with Crippen LogP contribution in [0.15, 0.2) is 27.0 Å². The molecule has 0 bridgehead atoms. The van der Waals surface area contributed by atoms with Crippen LogP contribution < -0.4 is 16.0 Å². The van der Waals surface area contributed by atoms with Crippen LogP contribution in [0.4, 0.5) is 5.69 Å². The van der Waals surface area contributed by atoms with Crippen LogP contribution in [0.2, 0.25) is 10.3 Å². The fourth-order valence-electron chi connectivity index (χ4n) is 1.22. The normalized spacial score (nSPS) is 11.3. The van der Waals surface area contributed by atoms with E-state index in [1.54, 1.807) is 4.98 Å². The molecule has 0 aliphatic carbocycles. The number of aromatic nitrogens is 4. The van der Waals surface area contributed by atoms with E-state index in [1.165, 1.54) is 0 Å². The molecule has 0 fully saturated rings. The summed E-state index contributed by atoms with van der Waals surface area (Å²) in [7, 11) is -4.32. The van der Waals surface area contributed by atoms with Gasteiger partial charge in [0.2, 0.25) is 0 Å². The van der Waals surface area contributed by atoms with Gasteiger partial charge in [0.25, 0.3) is 15.6 Å². The lowest BCUT2D eigenvalue weighted by atomic mass is 10.6. The number of nitrogens with one attached hydrogen (secondary N) is 3. The maximum Gasteiger partial charge on any atom is 0.325 e. The van der Waals surface area contributed by atoms with Crippen molar-refractivity contribution in [3.63, 3.8) is 0 Å². The number of hydrogen-bond acceptors (Lipinski definition) is 6. The number of halogens is 2. The Bertz CT molecular complexity index is 855. The Morgan fingerprint density at radius 2 is 1.75 bits per heavy atom. The third-order valence-electron chi connectivity index (χ3n) is 2.07. The first-order chi connectivity index (χ1) is 9.31. The standard InChI is InChI=1S/C8H5Cl2N5O4S/c9-5-4(6(10)13-2-12-5)15-20(18,19)3-1-11-8(17)14-7(3)16/h1-2,15H,(H2,11,14,16,17). The highest BCUT2D eigenvalue weighted by Gasteiger charge is 2.22. The predicted octanol–water partition coefficient (Wildman–Crippen LogP) is -0.0392. The quantitative estimate of drug-likeness (QED) is 0.672. The molecule has 0 saturated carbocycles. The predicted molar refractivity (Wildman–Crippen MR) is 70.5 cm³/mol. The van der Waals surface area contributed by atoms with Gasteiger partial charge in [-0.1, -0.05) is 23.2 Å². The highest BCUT2D eigenvalue weighted by molar-refractivity contribution is 7.92. The van der Waals surface area contributed by atoms with E-state index in [2.05, 4.69) is 9.97 Å². The first-order valence-corrected chi connectivity index (χ1v) is 7.06. The molecule has 9 nitrogen and oxygen atoms in total. The average Bonchev–Trinajstić information content (AvgIpc) is 2.33. The van der Waals surface area contributed by atoms with E-state index in [4.69, 9.17) is 23.2 Å². The molecule has 0 atom stereocenters. The van der Waals surface area contributed by atoms with E-state index in [0.717, 1.165) is 12.5 Å². The molecule has 2 aromatic rings. The number of aromatic amines is 2. The smallest absolute Gasteiger partial charge is 0.313 e. The number of H-pyrrole nitrogens is 2. The fraction of sp³-hybridized carbons (Fsp3) is 0. The summed E-state index contributed by atoms with van der Waals surface area (Å²) in [5, 5.41) is -0.483. The van der Waals surface area contributed by atoms with Crippen LogP contribution in [0, 0.1) is 0 Å². The molecule has 2 rings (SSSR count). The molecule has 0 saturated heterocycles. The van der Waals surface area contributed by atoms with Crippen LogP contribution in [0.1, 0.15) is 0 Å². The van der Waals surface area contributed by atoms with Crippen molar-refractivity contribution in [2.24, 2.45) is 0 Å². The largest absolute Gasteiger partial charge is 0.325 e. The number of hydrogen-bond donors (Lipinski definition) is 3. The van der Waals surface area contributed by atoms with Crippen LogP contribution in [0.25, 0.3) is 0 Å². The molecule has 0 amide bonds. The lowest BCUT2D eigenvalue weighted by Gasteiger charge is -2.08. The van der Waals surface area contributed by atoms with Gasteiger partial charge < -0.3 is 4.98 Å². The van der Waals surface area contributed by atoms with Crippen LogP contribution in [-0.4, -0.2) is 28.4 Å². The van der Waals surface area contributed by atoms with Gasteiger partial charge in [-0.3, -0.25) is 14.5 Å². The van der Waals surface area contributed by atoms with Crippen molar-refractivity contribution in [2.45, 2.75) is 4.90 Å². The van der Waals surface area contributed by atoms with Gasteiger partial charge in [0.1, 0.15) is 12.0 Å². The number of sulfonamides is 1. The lowest BCUT2D eigenvalue weighted by Crippen LogP contribution is -2.29. The van der Waals surface area contributed by atoms with Crippen LogP contribution in [0.3, 0.4) is 0 Å². The minimum atomic E-state index is -4.32. The summed E-state index contributed by atoms with van der Waals surface area (Å²) in [4.78, 5) is 32.5. The zero-order valence-corrected chi connectivity index (χ0v) is 11.7. The molecule has 106 valence electrons. The van der Waals surface area contributed by atoms with Crippen molar-refractivity contribution < 1.29 is 8.42 Å². The van der Waals surface area contributed by atoms with Gasteiger partial charge in [0.15, 0.2) is 15.2 Å². The first-order valence-electron chi connectivity index (χ1n) is 4.82. The Balaban J connectivity index is 2.52. The number of nitrogens with zero attached hydrogens (tertiary/aromatic N) is 2. The second kappa shape index (κ2) is 5.23. The topological polar surface area (TPSA) is 138 Å². The van der Waals surface area contributed by atoms with Crippen molar-refractivity contribution in [1.82, 2.24) is 19.9 Å². The number of anilines is 1. The molecule has 0 unspecified atom stereocenters. The summed E-state index contributed by atoms with van der Waals surface area (Å²) >= 11 is 11.4. The molecular weight excluding hydrogens is 333 g/mol. The fourth-order valence-corrected chi connectivity index (χ4v) is 2.82. The highest BCUT2D eigenvalue weighted by atomic mass is 35.5. The van der Waals surface area contributed by atoms with Crippen molar-refractivity contribution in [1.29, 1.82) is 0 Å². The van der Waals surface area contributed by atoms with Gasteiger partial charge in [-0.2, -0.15) is 0 Å². The van der Waals surface area contributed by atoms with Crippen LogP contribution in [0.5, 0.6) is 0 Å². The van der Waals surface area contributed by atoms with E-state index in [-0.39, 0.29) is 16.0 Å². The average molecular weight is 338 g/mol. The monoisotopic (exact) mass is 337 g/mol. The zero-order valence-electron chi connectivity index (χ0n) is 9.35. The molecular formula is C8H5Cl2N5O4S. The Morgan fingerprint density at radius 3 is 2.30 bits per heavy atom. The van der Waals surface area contributed by atoms with Gasteiger partial charge in [-0.15, -0.1) is 0 Å². The molecule has 0 aromatic carbocycles. The SMILES string of the molecule is O=c1[nH]cc(S(=O)(=O)Nc2c(Cl)ncnc2Cl)c(=O)[nH]1. The van der Waals surface area contributed by atoms with Crippen molar-refractivity contribution in [2.75, 3.05) is 4.72 Å². The van der Waals surface area contributed by atoms with Crippen LogP contribution >= 0.6 is 23.2 Å². The second-order valence-electron chi connectivity index (χ2n) is 3.37. The van der Waals surface area contributed by atoms with Crippen molar-refractivity contribution in [3.05, 3.63) is 43.7 Å². The summed E-state index contributed by atoms with van der Waals surface area (Å²) in [6, 6.07) is 0. The molecule has 3 N–H and O–H groups in total. The summed E-state index contributed by atoms with van der Waals surface area (Å²) < 4.78 is 26.0. The Kier molecular flexibility index (Phi) is 3.79. The molecule has 0 aliphatic rings. The van der Waals surface area contributed by atoms with Gasteiger partial charge >= 0.3 is 5.69 Å². The van der Waals surface area contributed by atoms with E-state index < -0.39 is 26.2 Å². The minimum absolute atomic E-state index is 0.241. The van der Waals surface area contributed by atoms with Gasteiger partial charge in [0.05, 0.1) is 0 Å². The molecule has 0 aliphatic heterocycles. The number of rotatable bonds is 3. The molecule has 20 heavy (non-hydrogen) atoms. The first kappa shape index (κ1) is 14.5. The van der Waals surface area contributed by atoms with E-state index in [9.17, 15) is 18.0 Å². The maximum absolute atomic E-state index is 12.0. The van der Waals surface area contributed by atoms with Crippen molar-refractivity contribution >= 4 is 38.9 Å². The summed E-state index contributed by atoms with van der Waals surface area (Å²) in [5.74, 6) is 0. The van der Waals surface area contributed by atoms with E-state index in [0.29, 0.717) is 0 Å². The molecule has 0 radical (unpaired) electrons. The Morgan fingerprint density at radius 1 is 1.15 bits per heavy atom. The Labute approximate surface area is 121 Å². The van der Waals surface area contributed by atoms with E-state index in [1.807, 2.05) is 9.71 Å². The molecule has 2 heterocycles. The lowest BCUT2D eigenvalue weighted by molar-refractivity contribution is 0.599. The van der Waals surface area contributed by atoms with Crippen LogP contribution in [-0.2, 0) is 10.0 Å². The molecule has 2 aromatic heterocycles. The van der Waals surface area contributed by atoms with Gasteiger partial charge in [0, 0.05) is 6.20 Å². The zero-order chi connectivity index (χ0) is 14.9.